The summed E-state index contributed by atoms with van der Waals surface area (Å²) in [4.78, 5) is 18.5. The first-order valence-electron chi connectivity index (χ1n) is 11.8. The summed E-state index contributed by atoms with van der Waals surface area (Å²) in [6, 6.07) is 11.7. The Balaban J connectivity index is 1.32. The normalized spacial score (nSPS) is 16.9. The molecular weight excluding hydrogens is 466 g/mol. The molecule has 0 saturated heterocycles. The van der Waals surface area contributed by atoms with Gasteiger partial charge in [-0.05, 0) is 36.1 Å². The molecule has 5 rings (SSSR count). The number of H-pyrrole nitrogens is 1. The number of para-hydroxylation sites is 1. The van der Waals surface area contributed by atoms with Crippen molar-refractivity contribution in [2.24, 2.45) is 5.92 Å². The van der Waals surface area contributed by atoms with Gasteiger partial charge in [-0.3, -0.25) is 4.79 Å². The van der Waals surface area contributed by atoms with Gasteiger partial charge < -0.3 is 19.4 Å². The van der Waals surface area contributed by atoms with Crippen molar-refractivity contribution in [2.75, 3.05) is 26.3 Å². The minimum Gasteiger partial charge on any atom is -0.486 e. The van der Waals surface area contributed by atoms with E-state index in [1.165, 1.54) is 17.7 Å². The number of sulfonamides is 1. The maximum atomic E-state index is 13.4. The van der Waals surface area contributed by atoms with E-state index in [2.05, 4.69) is 21.8 Å². The number of hydrogen-bond donors (Lipinski definition) is 2. The number of ether oxygens (including phenoxy) is 2. The van der Waals surface area contributed by atoms with E-state index < -0.39 is 16.1 Å². The first-order chi connectivity index (χ1) is 16.8. The lowest BCUT2D eigenvalue weighted by Crippen LogP contribution is -2.52. The number of aromatic nitrogens is 1. The molecule has 184 valence electrons. The van der Waals surface area contributed by atoms with Gasteiger partial charge in [-0.2, -0.15) is 4.72 Å². The van der Waals surface area contributed by atoms with E-state index in [1.807, 2.05) is 38.2 Å². The molecule has 2 aliphatic heterocycles. The number of carbonyl (C=O) groups is 1. The summed E-state index contributed by atoms with van der Waals surface area (Å²) in [6.45, 7) is 5.42. The summed E-state index contributed by atoms with van der Waals surface area (Å²) < 4.78 is 40.0. The average molecular weight is 496 g/mol. The third kappa shape index (κ3) is 4.66. The molecule has 1 amide bonds. The highest BCUT2D eigenvalue weighted by Crippen LogP contribution is 2.33. The van der Waals surface area contributed by atoms with Gasteiger partial charge in [0.2, 0.25) is 15.9 Å². The molecule has 0 saturated carbocycles. The lowest BCUT2D eigenvalue weighted by Gasteiger charge is -2.32. The van der Waals surface area contributed by atoms with Crippen molar-refractivity contribution in [3.63, 3.8) is 0 Å². The lowest BCUT2D eigenvalue weighted by molar-refractivity contribution is -0.133. The van der Waals surface area contributed by atoms with Crippen LogP contribution in [0.4, 0.5) is 0 Å². The Labute approximate surface area is 205 Å². The van der Waals surface area contributed by atoms with Crippen molar-refractivity contribution in [2.45, 2.75) is 31.2 Å². The highest BCUT2D eigenvalue weighted by atomic mass is 32.2. The van der Waals surface area contributed by atoms with Gasteiger partial charge in [-0.25, -0.2) is 8.42 Å². The number of benzene rings is 2. The Bertz CT molecular complexity index is 1390. The van der Waals surface area contributed by atoms with Crippen LogP contribution < -0.4 is 14.2 Å². The number of amides is 1. The molecule has 1 atom stereocenters. The van der Waals surface area contributed by atoms with Gasteiger partial charge in [-0.15, -0.1) is 0 Å². The van der Waals surface area contributed by atoms with Crippen LogP contribution in [0, 0.1) is 5.92 Å². The summed E-state index contributed by atoms with van der Waals surface area (Å²) in [5, 5.41) is 1.16. The van der Waals surface area contributed by atoms with Crippen molar-refractivity contribution in [1.82, 2.24) is 14.6 Å². The van der Waals surface area contributed by atoms with Gasteiger partial charge >= 0.3 is 0 Å². The van der Waals surface area contributed by atoms with Crippen molar-refractivity contribution < 1.29 is 22.7 Å². The third-order valence-corrected chi connectivity index (χ3v) is 7.93. The molecule has 3 aromatic rings. The topological polar surface area (TPSA) is 101 Å². The Morgan fingerprint density at radius 3 is 2.60 bits per heavy atom. The van der Waals surface area contributed by atoms with Gasteiger partial charge in [0.1, 0.15) is 19.3 Å². The van der Waals surface area contributed by atoms with E-state index in [0.717, 1.165) is 16.5 Å². The smallest absolute Gasteiger partial charge is 0.241 e. The zero-order valence-corrected chi connectivity index (χ0v) is 20.6. The van der Waals surface area contributed by atoms with Gasteiger partial charge in [0, 0.05) is 41.8 Å². The van der Waals surface area contributed by atoms with Crippen molar-refractivity contribution in [3.05, 3.63) is 60.3 Å². The number of nitrogens with one attached hydrogen (secondary N) is 2. The summed E-state index contributed by atoms with van der Waals surface area (Å²) in [7, 11) is -3.94. The largest absolute Gasteiger partial charge is 0.486 e. The van der Waals surface area contributed by atoms with Crippen LogP contribution in [-0.2, 0) is 14.8 Å². The highest BCUT2D eigenvalue weighted by molar-refractivity contribution is 7.89. The highest BCUT2D eigenvalue weighted by Gasteiger charge is 2.33. The van der Waals surface area contributed by atoms with Gasteiger partial charge in [-0.1, -0.05) is 38.1 Å². The molecule has 9 heteroatoms. The van der Waals surface area contributed by atoms with Gasteiger partial charge in [0.15, 0.2) is 11.5 Å². The molecular formula is C26H29N3O5S. The zero-order chi connectivity index (χ0) is 24.6. The fraction of sp³-hybridized carbons (Fsp3) is 0.346. The fourth-order valence-corrected chi connectivity index (χ4v) is 5.90. The third-order valence-electron chi connectivity index (χ3n) is 6.49. The molecule has 2 aliphatic rings. The van der Waals surface area contributed by atoms with Crippen LogP contribution in [0.3, 0.4) is 0 Å². The Kier molecular flexibility index (Phi) is 6.29. The fourth-order valence-electron chi connectivity index (χ4n) is 4.55. The summed E-state index contributed by atoms with van der Waals surface area (Å²) >= 11 is 0. The maximum Gasteiger partial charge on any atom is 0.241 e. The molecule has 0 aliphatic carbocycles. The Morgan fingerprint density at radius 2 is 1.86 bits per heavy atom. The van der Waals surface area contributed by atoms with Gasteiger partial charge in [0.25, 0.3) is 0 Å². The Hall–Kier alpha value is -3.30. The second kappa shape index (κ2) is 9.39. The number of aromatic amines is 1. The molecule has 0 fully saturated rings. The first-order valence-corrected chi connectivity index (χ1v) is 13.3. The SMILES string of the molecule is CC(C)[C@@H](NS(=O)(=O)c1ccc2c(c1)OCCO2)C(=O)N1CC=C(c2c[nH]c3ccccc23)CC1. The van der Waals surface area contributed by atoms with Crippen molar-refractivity contribution >= 4 is 32.4 Å². The van der Waals surface area contributed by atoms with Crippen LogP contribution in [0.2, 0.25) is 0 Å². The number of carbonyl (C=O) groups excluding carboxylic acids is 1. The summed E-state index contributed by atoms with van der Waals surface area (Å²) in [5.74, 6) is 0.444. The van der Waals surface area contributed by atoms with E-state index in [4.69, 9.17) is 9.47 Å². The predicted molar refractivity (Wildman–Crippen MR) is 134 cm³/mol. The molecule has 2 N–H and O–H groups in total. The zero-order valence-electron chi connectivity index (χ0n) is 19.8. The predicted octanol–water partition coefficient (Wildman–Crippen LogP) is 3.56. The van der Waals surface area contributed by atoms with E-state index in [0.29, 0.717) is 44.2 Å². The second-order valence-corrected chi connectivity index (χ2v) is 10.9. The average Bonchev–Trinajstić information content (AvgIpc) is 3.31. The number of fused-ring (bicyclic) bond motifs is 2. The van der Waals surface area contributed by atoms with Crippen LogP contribution >= 0.6 is 0 Å². The molecule has 2 aromatic carbocycles. The summed E-state index contributed by atoms with van der Waals surface area (Å²) in [6.07, 6.45) is 4.77. The van der Waals surface area contributed by atoms with Crippen LogP contribution in [0.15, 0.2) is 59.6 Å². The molecule has 35 heavy (non-hydrogen) atoms. The van der Waals surface area contributed by atoms with E-state index in [9.17, 15) is 13.2 Å². The molecule has 1 aromatic heterocycles. The molecule has 8 nitrogen and oxygen atoms in total. The van der Waals surface area contributed by atoms with E-state index in [-0.39, 0.29) is 16.7 Å². The number of nitrogens with zero attached hydrogens (tertiary/aromatic N) is 1. The van der Waals surface area contributed by atoms with Crippen molar-refractivity contribution in [3.8, 4) is 11.5 Å². The maximum absolute atomic E-state index is 13.4. The van der Waals surface area contributed by atoms with Crippen LogP contribution in [0.25, 0.3) is 16.5 Å². The van der Waals surface area contributed by atoms with Crippen molar-refractivity contribution in [1.29, 1.82) is 0 Å². The monoisotopic (exact) mass is 495 g/mol. The lowest BCUT2D eigenvalue weighted by atomic mass is 9.97. The first kappa shape index (κ1) is 23.4. The number of hydrogen-bond acceptors (Lipinski definition) is 5. The van der Waals surface area contributed by atoms with Gasteiger partial charge in [0.05, 0.1) is 4.90 Å². The summed E-state index contributed by atoms with van der Waals surface area (Å²) in [5.41, 5.74) is 3.41. The molecule has 3 heterocycles. The second-order valence-electron chi connectivity index (χ2n) is 9.16. The number of rotatable bonds is 6. The van der Waals surface area contributed by atoms with E-state index >= 15 is 0 Å². The standard InChI is InChI=1S/C26H29N3O5S/c1-17(2)25(28-35(31,32)19-7-8-23-24(15-19)34-14-13-33-23)26(30)29-11-9-18(10-12-29)21-16-27-22-6-4-3-5-20(21)22/h3-9,15-17,25,27-28H,10-14H2,1-2H3/t25-/m1/s1. The minimum atomic E-state index is -3.94. The quantitative estimate of drug-likeness (QED) is 0.545. The Morgan fingerprint density at radius 1 is 1.09 bits per heavy atom. The van der Waals surface area contributed by atoms with E-state index in [1.54, 1.807) is 11.0 Å². The van der Waals surface area contributed by atoms with Crippen LogP contribution in [0.5, 0.6) is 11.5 Å². The minimum absolute atomic E-state index is 0.0420. The molecule has 0 radical (unpaired) electrons. The molecule has 0 spiro atoms. The molecule has 0 unspecified atom stereocenters. The molecule has 0 bridgehead atoms. The van der Waals surface area contributed by atoms with Crippen LogP contribution in [-0.4, -0.2) is 56.6 Å². The van der Waals surface area contributed by atoms with Crippen LogP contribution in [0.1, 0.15) is 25.8 Å².